The fourth-order valence-electron chi connectivity index (χ4n) is 1.60. The molecule has 0 saturated carbocycles. The minimum absolute atomic E-state index is 0.0480. The maximum Gasteiger partial charge on any atom is 0.417 e. The Bertz CT molecular complexity index is 797. The van der Waals surface area contributed by atoms with Gasteiger partial charge in [0.05, 0.1) is 23.9 Å². The molecule has 2 aromatic rings. The first-order chi connectivity index (χ1) is 10.8. The lowest BCUT2D eigenvalue weighted by molar-refractivity contribution is -0.137. The molecule has 0 radical (unpaired) electrons. The largest absolute Gasteiger partial charge is 0.453 e. The molecule has 0 aromatic carbocycles. The first-order valence-electron chi connectivity index (χ1n) is 5.84. The summed E-state index contributed by atoms with van der Waals surface area (Å²) in [5.41, 5.74) is -1.09. The van der Waals surface area contributed by atoms with E-state index in [4.69, 9.17) is 16.9 Å². The Balaban J connectivity index is 2.53. The number of pyridine rings is 1. The zero-order valence-corrected chi connectivity index (χ0v) is 12.1. The van der Waals surface area contributed by atoms with Gasteiger partial charge in [-0.05, 0) is 6.07 Å². The second-order valence-corrected chi connectivity index (χ2v) is 4.48. The number of anilines is 1. The first kappa shape index (κ1) is 16.6. The molecule has 0 aliphatic rings. The average Bonchev–Trinajstić information content (AvgIpc) is 2.88. The molecular weight excluding hydrogens is 339 g/mol. The molecule has 1 amide bonds. The summed E-state index contributed by atoms with van der Waals surface area (Å²) in [5.74, 6) is -0.318. The van der Waals surface area contributed by atoms with Gasteiger partial charge in [0.15, 0.2) is 11.6 Å². The SMILES string of the molecule is COC(=O)Nc1c(C#N)cnn1-c1ncc(C(F)(F)F)cc1Cl. The molecule has 2 aromatic heterocycles. The highest BCUT2D eigenvalue weighted by Crippen LogP contribution is 2.32. The van der Waals surface area contributed by atoms with Crippen LogP contribution in [0.4, 0.5) is 23.8 Å². The Morgan fingerprint density at radius 2 is 2.17 bits per heavy atom. The summed E-state index contributed by atoms with van der Waals surface area (Å²) in [7, 11) is 1.10. The number of rotatable bonds is 2. The average molecular weight is 346 g/mol. The molecule has 0 saturated heterocycles. The molecule has 2 rings (SSSR count). The van der Waals surface area contributed by atoms with Gasteiger partial charge in [-0.25, -0.2) is 9.78 Å². The Morgan fingerprint density at radius 1 is 1.48 bits per heavy atom. The number of methoxy groups -OCH3 is 1. The van der Waals surface area contributed by atoms with Crippen molar-refractivity contribution < 1.29 is 22.7 Å². The molecule has 23 heavy (non-hydrogen) atoms. The molecule has 0 aliphatic carbocycles. The van der Waals surface area contributed by atoms with E-state index in [1.807, 2.05) is 0 Å². The minimum atomic E-state index is -4.61. The van der Waals surface area contributed by atoms with Gasteiger partial charge in [0.1, 0.15) is 11.6 Å². The van der Waals surface area contributed by atoms with Gasteiger partial charge in [-0.15, -0.1) is 0 Å². The summed E-state index contributed by atoms with van der Waals surface area (Å²) in [6, 6.07) is 2.43. The number of aromatic nitrogens is 3. The van der Waals surface area contributed by atoms with Crippen LogP contribution in [0.2, 0.25) is 5.02 Å². The summed E-state index contributed by atoms with van der Waals surface area (Å²) in [6.07, 6.45) is -3.84. The lowest BCUT2D eigenvalue weighted by Gasteiger charge is -2.11. The number of hydrogen-bond donors (Lipinski definition) is 1. The summed E-state index contributed by atoms with van der Waals surface area (Å²) in [4.78, 5) is 14.9. The normalized spacial score (nSPS) is 11.0. The number of hydrogen-bond acceptors (Lipinski definition) is 5. The Labute approximate surface area is 132 Å². The predicted octanol–water partition coefficient (Wildman–Crippen LogP) is 2.99. The summed E-state index contributed by atoms with van der Waals surface area (Å²) >= 11 is 5.81. The van der Waals surface area contributed by atoms with Gasteiger partial charge < -0.3 is 4.74 Å². The topological polar surface area (TPSA) is 92.8 Å². The molecule has 7 nitrogen and oxygen atoms in total. The van der Waals surface area contributed by atoms with Crippen LogP contribution in [0.1, 0.15) is 11.1 Å². The highest BCUT2D eigenvalue weighted by atomic mass is 35.5. The van der Waals surface area contributed by atoms with Crippen molar-refractivity contribution in [3.8, 4) is 11.9 Å². The molecule has 0 bridgehead atoms. The standard InChI is InChI=1S/C12H7ClF3N5O2/c1-23-11(22)20-9-6(3-17)4-19-21(9)10-8(13)2-7(5-18-10)12(14,15)16/h2,4-5H,1H3,(H,20,22). The molecule has 0 spiro atoms. The summed E-state index contributed by atoms with van der Waals surface area (Å²) in [5, 5.41) is 14.6. The lowest BCUT2D eigenvalue weighted by Crippen LogP contribution is -2.16. The monoisotopic (exact) mass is 345 g/mol. The van der Waals surface area contributed by atoms with Crippen LogP contribution in [-0.4, -0.2) is 28.0 Å². The fourth-order valence-corrected chi connectivity index (χ4v) is 1.85. The van der Waals surface area contributed by atoms with Gasteiger partial charge in [0.2, 0.25) is 0 Å². The van der Waals surface area contributed by atoms with E-state index in [0.717, 1.165) is 18.0 Å². The van der Waals surface area contributed by atoms with Crippen molar-refractivity contribution in [3.05, 3.63) is 34.6 Å². The van der Waals surface area contributed by atoms with E-state index in [2.05, 4.69) is 20.1 Å². The van der Waals surface area contributed by atoms with Crippen LogP contribution in [0, 0.1) is 11.3 Å². The molecule has 0 unspecified atom stereocenters. The van der Waals surface area contributed by atoms with Gasteiger partial charge in [-0.1, -0.05) is 11.6 Å². The number of halogens is 4. The second kappa shape index (κ2) is 6.13. The molecule has 0 atom stereocenters. The van der Waals surface area contributed by atoms with E-state index < -0.39 is 17.8 Å². The minimum Gasteiger partial charge on any atom is -0.453 e. The molecular formula is C12H7ClF3N5O2. The Morgan fingerprint density at radius 3 is 2.70 bits per heavy atom. The van der Waals surface area contributed by atoms with Crippen LogP contribution in [0.5, 0.6) is 0 Å². The maximum atomic E-state index is 12.6. The van der Waals surface area contributed by atoms with Crippen molar-refractivity contribution in [1.29, 1.82) is 5.26 Å². The number of carbonyl (C=O) groups excluding carboxylic acids is 1. The number of carbonyl (C=O) groups is 1. The van der Waals surface area contributed by atoms with E-state index in [9.17, 15) is 18.0 Å². The van der Waals surface area contributed by atoms with Crippen molar-refractivity contribution in [1.82, 2.24) is 14.8 Å². The van der Waals surface area contributed by atoms with Crippen LogP contribution < -0.4 is 5.32 Å². The third kappa shape index (κ3) is 3.35. The number of nitrogens with zero attached hydrogens (tertiary/aromatic N) is 4. The van der Waals surface area contributed by atoms with Crippen molar-refractivity contribution in [2.45, 2.75) is 6.18 Å². The molecule has 0 aliphatic heterocycles. The van der Waals surface area contributed by atoms with E-state index in [-0.39, 0.29) is 22.2 Å². The van der Waals surface area contributed by atoms with Crippen molar-refractivity contribution >= 4 is 23.5 Å². The smallest absolute Gasteiger partial charge is 0.417 e. The predicted molar refractivity (Wildman–Crippen MR) is 72.1 cm³/mol. The number of amides is 1. The number of alkyl halides is 3. The highest BCUT2D eigenvalue weighted by Gasteiger charge is 2.32. The Kier molecular flexibility index (Phi) is 4.42. The lowest BCUT2D eigenvalue weighted by atomic mass is 10.3. The molecule has 120 valence electrons. The van der Waals surface area contributed by atoms with Gasteiger partial charge in [-0.3, -0.25) is 5.32 Å². The van der Waals surface area contributed by atoms with E-state index in [1.54, 1.807) is 6.07 Å². The van der Waals surface area contributed by atoms with Gasteiger partial charge in [0, 0.05) is 6.20 Å². The van der Waals surface area contributed by atoms with Crippen LogP contribution in [0.15, 0.2) is 18.5 Å². The second-order valence-electron chi connectivity index (χ2n) is 4.07. The van der Waals surface area contributed by atoms with Crippen LogP contribution in [-0.2, 0) is 10.9 Å². The Hall–Kier alpha value is -2.80. The summed E-state index contributed by atoms with van der Waals surface area (Å²) in [6.45, 7) is 0. The van der Waals surface area contributed by atoms with Crippen LogP contribution >= 0.6 is 11.6 Å². The highest BCUT2D eigenvalue weighted by molar-refractivity contribution is 6.32. The third-order valence-corrected chi connectivity index (χ3v) is 2.92. The third-order valence-electron chi connectivity index (χ3n) is 2.65. The van der Waals surface area contributed by atoms with Crippen LogP contribution in [0.3, 0.4) is 0 Å². The summed E-state index contributed by atoms with van der Waals surface area (Å²) < 4.78 is 43.2. The molecule has 1 N–H and O–H groups in total. The maximum absolute atomic E-state index is 12.6. The molecule has 2 heterocycles. The zero-order valence-electron chi connectivity index (χ0n) is 11.3. The van der Waals surface area contributed by atoms with Gasteiger partial charge in [0.25, 0.3) is 0 Å². The number of nitriles is 1. The van der Waals surface area contributed by atoms with E-state index in [1.165, 1.54) is 0 Å². The van der Waals surface area contributed by atoms with E-state index in [0.29, 0.717) is 12.3 Å². The van der Waals surface area contributed by atoms with Gasteiger partial charge in [-0.2, -0.15) is 28.2 Å². The van der Waals surface area contributed by atoms with Crippen molar-refractivity contribution in [2.24, 2.45) is 0 Å². The van der Waals surface area contributed by atoms with Crippen molar-refractivity contribution in [2.75, 3.05) is 12.4 Å². The number of nitrogens with one attached hydrogen (secondary N) is 1. The van der Waals surface area contributed by atoms with Crippen LogP contribution in [0.25, 0.3) is 5.82 Å². The fraction of sp³-hybridized carbons (Fsp3) is 0.167. The van der Waals surface area contributed by atoms with E-state index >= 15 is 0 Å². The first-order valence-corrected chi connectivity index (χ1v) is 6.22. The van der Waals surface area contributed by atoms with Crippen molar-refractivity contribution in [3.63, 3.8) is 0 Å². The quantitative estimate of drug-likeness (QED) is 0.903. The molecule has 0 fully saturated rings. The molecule has 11 heteroatoms. The zero-order chi connectivity index (χ0) is 17.2. The van der Waals surface area contributed by atoms with Gasteiger partial charge >= 0.3 is 12.3 Å². The number of ether oxygens (including phenoxy) is 1.